The summed E-state index contributed by atoms with van der Waals surface area (Å²) in [7, 11) is -3.78. The summed E-state index contributed by atoms with van der Waals surface area (Å²) in [4.78, 5) is 24.2. The monoisotopic (exact) mass is 560 g/mol. The Bertz CT molecular complexity index is 1690. The van der Waals surface area contributed by atoms with Gasteiger partial charge < -0.3 is 0 Å². The van der Waals surface area contributed by atoms with E-state index in [4.69, 9.17) is 0 Å². The van der Waals surface area contributed by atoms with Crippen molar-refractivity contribution in [3.8, 4) is 0 Å². The first kappa shape index (κ1) is 26.6. The van der Waals surface area contributed by atoms with Gasteiger partial charge in [0.25, 0.3) is 5.91 Å². The van der Waals surface area contributed by atoms with E-state index in [1.165, 1.54) is 56.9 Å². The lowest BCUT2D eigenvalue weighted by atomic mass is 10.2. The third kappa shape index (κ3) is 5.88. The Kier molecular flexibility index (Phi) is 7.78. The summed E-state index contributed by atoms with van der Waals surface area (Å²) < 4.78 is 42.5. The van der Waals surface area contributed by atoms with Crippen molar-refractivity contribution >= 4 is 42.6 Å². The van der Waals surface area contributed by atoms with Gasteiger partial charge in [0.1, 0.15) is 5.82 Å². The van der Waals surface area contributed by atoms with Crippen molar-refractivity contribution < 1.29 is 17.6 Å². The number of amides is 1. The van der Waals surface area contributed by atoms with Crippen LogP contribution in [0.25, 0.3) is 10.2 Å². The van der Waals surface area contributed by atoms with E-state index < -0.39 is 10.0 Å². The highest BCUT2D eigenvalue weighted by atomic mass is 32.2. The molecule has 0 bridgehead atoms. The number of sulfonamides is 1. The van der Waals surface area contributed by atoms with E-state index in [0.29, 0.717) is 33.2 Å². The van der Waals surface area contributed by atoms with Gasteiger partial charge in [0.15, 0.2) is 5.13 Å². The maximum Gasteiger partial charge on any atom is 0.260 e. The van der Waals surface area contributed by atoms with Crippen LogP contribution in [0, 0.1) is 5.82 Å². The Morgan fingerprint density at radius 2 is 1.67 bits per heavy atom. The van der Waals surface area contributed by atoms with Crippen molar-refractivity contribution in [2.75, 3.05) is 11.4 Å². The molecule has 2 heterocycles. The third-order valence-corrected chi connectivity index (χ3v) is 9.13. The first-order valence-corrected chi connectivity index (χ1v) is 14.5. The van der Waals surface area contributed by atoms with Crippen molar-refractivity contribution in [1.82, 2.24) is 14.3 Å². The second-order valence-electron chi connectivity index (χ2n) is 8.76. The van der Waals surface area contributed by atoms with Crippen LogP contribution in [0.4, 0.5) is 9.52 Å². The average Bonchev–Trinajstić information content (AvgIpc) is 3.38. The van der Waals surface area contributed by atoms with Crippen LogP contribution in [0.1, 0.15) is 28.5 Å². The lowest BCUT2D eigenvalue weighted by Crippen LogP contribution is -2.31. The van der Waals surface area contributed by atoms with E-state index in [2.05, 4.69) is 9.97 Å². The molecule has 0 aliphatic rings. The molecule has 0 aliphatic carbocycles. The van der Waals surface area contributed by atoms with Crippen LogP contribution in [0.5, 0.6) is 0 Å². The number of thiazole rings is 1. The minimum atomic E-state index is -3.78. The van der Waals surface area contributed by atoms with Gasteiger partial charge in [0, 0.05) is 24.8 Å². The molecule has 0 radical (unpaired) electrons. The summed E-state index contributed by atoms with van der Waals surface area (Å²) in [5.41, 5.74) is 2.40. The lowest BCUT2D eigenvalue weighted by Gasteiger charge is -2.22. The molecular weight excluding hydrogens is 535 g/mol. The third-order valence-electron chi connectivity index (χ3n) is 6.16. The number of aromatic nitrogens is 2. The number of hydrogen-bond donors (Lipinski definition) is 0. The maximum atomic E-state index is 13.8. The summed E-state index contributed by atoms with van der Waals surface area (Å²) >= 11 is 1.20. The molecule has 5 aromatic rings. The van der Waals surface area contributed by atoms with Gasteiger partial charge >= 0.3 is 0 Å². The molecule has 10 heteroatoms. The largest absolute Gasteiger partial charge is 0.278 e. The predicted molar refractivity (Wildman–Crippen MR) is 150 cm³/mol. The van der Waals surface area contributed by atoms with Gasteiger partial charge in [-0.15, -0.1) is 0 Å². The van der Waals surface area contributed by atoms with Gasteiger partial charge in [-0.1, -0.05) is 54.7 Å². The molecule has 39 heavy (non-hydrogen) atoms. The maximum absolute atomic E-state index is 13.8. The molecule has 0 saturated carbocycles. The molecule has 5 rings (SSSR count). The topological polar surface area (TPSA) is 83.5 Å². The standard InChI is InChI=1S/C29H25FN4O3S2/c1-2-33(19-21-8-4-3-5-9-21)39(36,37)25-14-11-22(12-15-25)28(35)34(20-24-10-6-7-17-31-24)29-32-26-16-13-23(30)18-27(26)38-29/h3-18H,2,19-20H2,1H3. The zero-order chi connectivity index (χ0) is 27.4. The number of nitrogens with zero attached hydrogens (tertiary/aromatic N) is 4. The molecule has 0 aliphatic heterocycles. The normalized spacial score (nSPS) is 11.7. The van der Waals surface area contributed by atoms with Crippen molar-refractivity contribution in [3.63, 3.8) is 0 Å². The van der Waals surface area contributed by atoms with E-state index in [1.54, 1.807) is 31.3 Å². The van der Waals surface area contributed by atoms with Crippen LogP contribution in [-0.2, 0) is 23.1 Å². The second-order valence-corrected chi connectivity index (χ2v) is 11.7. The van der Waals surface area contributed by atoms with Crippen molar-refractivity contribution in [1.29, 1.82) is 0 Å². The van der Waals surface area contributed by atoms with E-state index in [-0.39, 0.29) is 29.7 Å². The fraction of sp³-hybridized carbons (Fsp3) is 0.138. The summed E-state index contributed by atoms with van der Waals surface area (Å²) in [5.74, 6) is -0.758. The molecule has 198 valence electrons. The van der Waals surface area contributed by atoms with Gasteiger partial charge in [-0.25, -0.2) is 17.8 Å². The Balaban J connectivity index is 1.44. The zero-order valence-electron chi connectivity index (χ0n) is 21.1. The minimum Gasteiger partial charge on any atom is -0.278 e. The van der Waals surface area contributed by atoms with Gasteiger partial charge in [-0.05, 0) is 60.2 Å². The number of rotatable bonds is 9. The molecule has 3 aromatic carbocycles. The Hall–Kier alpha value is -3.99. The highest BCUT2D eigenvalue weighted by Crippen LogP contribution is 2.31. The van der Waals surface area contributed by atoms with E-state index >= 15 is 0 Å². The highest BCUT2D eigenvalue weighted by Gasteiger charge is 2.26. The molecule has 1 amide bonds. The van der Waals surface area contributed by atoms with E-state index in [9.17, 15) is 17.6 Å². The quantitative estimate of drug-likeness (QED) is 0.225. The fourth-order valence-corrected chi connectivity index (χ4v) is 6.54. The summed E-state index contributed by atoms with van der Waals surface area (Å²) in [6, 6.07) is 25.0. The van der Waals surface area contributed by atoms with E-state index in [1.807, 2.05) is 36.4 Å². The summed E-state index contributed by atoms with van der Waals surface area (Å²) in [5, 5.41) is 0.392. The average molecular weight is 561 g/mol. The Morgan fingerprint density at radius 3 is 2.36 bits per heavy atom. The molecule has 7 nitrogen and oxygen atoms in total. The SMILES string of the molecule is CCN(Cc1ccccc1)S(=O)(=O)c1ccc(C(=O)N(Cc2ccccn2)c2nc3ccc(F)cc3s2)cc1. The van der Waals surface area contributed by atoms with Crippen LogP contribution >= 0.6 is 11.3 Å². The smallest absolute Gasteiger partial charge is 0.260 e. The van der Waals surface area contributed by atoms with E-state index in [0.717, 1.165) is 5.56 Å². The number of carbonyl (C=O) groups is 1. The minimum absolute atomic E-state index is 0.101. The number of carbonyl (C=O) groups excluding carboxylic acids is 1. The molecule has 0 spiro atoms. The van der Waals surface area contributed by atoms with Crippen LogP contribution in [0.15, 0.2) is 102 Å². The number of hydrogen-bond acceptors (Lipinski definition) is 6. The number of anilines is 1. The zero-order valence-corrected chi connectivity index (χ0v) is 22.7. The van der Waals surface area contributed by atoms with Crippen LogP contribution < -0.4 is 4.90 Å². The Morgan fingerprint density at radius 1 is 0.923 bits per heavy atom. The van der Waals surface area contributed by atoms with Crippen LogP contribution in [0.3, 0.4) is 0 Å². The van der Waals surface area contributed by atoms with Gasteiger partial charge in [0.05, 0.1) is 27.4 Å². The molecule has 0 N–H and O–H groups in total. The number of fused-ring (bicyclic) bond motifs is 1. The first-order chi connectivity index (χ1) is 18.8. The number of pyridine rings is 1. The number of halogens is 1. The predicted octanol–water partition coefficient (Wildman–Crippen LogP) is 5.89. The molecule has 0 atom stereocenters. The second kappa shape index (κ2) is 11.4. The Labute approximate surface area is 230 Å². The highest BCUT2D eigenvalue weighted by molar-refractivity contribution is 7.89. The van der Waals surface area contributed by atoms with Crippen LogP contribution in [0.2, 0.25) is 0 Å². The molecule has 2 aromatic heterocycles. The van der Waals surface area contributed by atoms with Crippen molar-refractivity contribution in [2.45, 2.75) is 24.9 Å². The van der Waals surface area contributed by atoms with Gasteiger partial charge in [0.2, 0.25) is 10.0 Å². The van der Waals surface area contributed by atoms with Crippen LogP contribution in [-0.4, -0.2) is 35.1 Å². The molecule has 0 fully saturated rings. The molecule has 0 unspecified atom stereocenters. The first-order valence-electron chi connectivity index (χ1n) is 12.3. The number of benzene rings is 3. The lowest BCUT2D eigenvalue weighted by molar-refractivity contribution is 0.0984. The van der Waals surface area contributed by atoms with Gasteiger partial charge in [-0.3, -0.25) is 14.7 Å². The fourth-order valence-electron chi connectivity index (χ4n) is 4.11. The summed E-state index contributed by atoms with van der Waals surface area (Å²) in [6.07, 6.45) is 1.64. The van der Waals surface area contributed by atoms with Crippen molar-refractivity contribution in [2.24, 2.45) is 0 Å². The molecular formula is C29H25FN4O3S2. The molecule has 0 saturated heterocycles. The summed E-state index contributed by atoms with van der Waals surface area (Å²) in [6.45, 7) is 2.48. The van der Waals surface area contributed by atoms with Crippen molar-refractivity contribution in [3.05, 3.63) is 120 Å². The van der Waals surface area contributed by atoms with Gasteiger partial charge in [-0.2, -0.15) is 4.31 Å².